The fourth-order valence-electron chi connectivity index (χ4n) is 4.68. The number of aliphatic hydroxyl groups is 1. The Morgan fingerprint density at radius 2 is 1.95 bits per heavy atom. The summed E-state index contributed by atoms with van der Waals surface area (Å²) < 4.78 is 10.7. The lowest BCUT2D eigenvalue weighted by molar-refractivity contribution is -0.146. The van der Waals surface area contributed by atoms with Gasteiger partial charge in [0.05, 0.1) is 43.2 Å². The fraction of sp³-hybridized carbons (Fsp3) is 0.433. The first-order valence-corrected chi connectivity index (χ1v) is 13.3. The third-order valence-electron chi connectivity index (χ3n) is 6.79. The smallest absolute Gasteiger partial charge is 0.311 e. The number of ether oxygens (including phenoxy) is 2. The Bertz CT molecular complexity index is 1330. The van der Waals surface area contributed by atoms with Gasteiger partial charge in [-0.05, 0) is 44.5 Å². The molecule has 210 valence electrons. The van der Waals surface area contributed by atoms with E-state index < -0.39 is 41.4 Å². The number of carbonyl (C=O) groups is 1. The minimum Gasteiger partial charge on any atom is -0.489 e. The number of nitriles is 2. The predicted octanol–water partition coefficient (Wildman–Crippen LogP) is 3.95. The van der Waals surface area contributed by atoms with Gasteiger partial charge in [-0.1, -0.05) is 41.9 Å². The van der Waals surface area contributed by atoms with Gasteiger partial charge in [-0.2, -0.15) is 10.5 Å². The Hall–Kier alpha value is -3.76. The number of aliphatic hydroxyl groups excluding tert-OH is 1. The van der Waals surface area contributed by atoms with Gasteiger partial charge < -0.3 is 19.9 Å². The molecule has 5 atom stereocenters. The van der Waals surface area contributed by atoms with E-state index in [9.17, 15) is 20.4 Å². The van der Waals surface area contributed by atoms with E-state index in [0.29, 0.717) is 34.2 Å². The molecular formula is C30H34ClN5O4. The van der Waals surface area contributed by atoms with Crippen LogP contribution in [0.15, 0.2) is 58.5 Å². The van der Waals surface area contributed by atoms with Crippen LogP contribution in [0, 0.1) is 34.5 Å². The summed E-state index contributed by atoms with van der Waals surface area (Å²) in [5, 5.41) is 33.3. The summed E-state index contributed by atoms with van der Waals surface area (Å²) in [5.74, 6) is -2.04. The predicted molar refractivity (Wildman–Crippen MR) is 154 cm³/mol. The average molecular weight is 564 g/mol. The van der Waals surface area contributed by atoms with Crippen molar-refractivity contribution in [3.63, 3.8) is 0 Å². The van der Waals surface area contributed by atoms with Gasteiger partial charge >= 0.3 is 5.97 Å². The molecule has 0 amide bonds. The van der Waals surface area contributed by atoms with Crippen molar-refractivity contribution in [3.05, 3.63) is 64.7 Å². The molecule has 0 spiro atoms. The van der Waals surface area contributed by atoms with Crippen LogP contribution in [0.25, 0.3) is 0 Å². The van der Waals surface area contributed by atoms with Crippen LogP contribution in [0.1, 0.15) is 37.8 Å². The molecular weight excluding hydrogens is 530 g/mol. The van der Waals surface area contributed by atoms with Crippen LogP contribution in [0.2, 0.25) is 5.02 Å². The highest BCUT2D eigenvalue weighted by atomic mass is 35.5. The number of hydrogen-bond donors (Lipinski definition) is 2. The summed E-state index contributed by atoms with van der Waals surface area (Å²) in [5.41, 5.74) is 1.19. The van der Waals surface area contributed by atoms with Gasteiger partial charge in [-0.3, -0.25) is 14.8 Å². The molecule has 0 aliphatic carbocycles. The second kappa shape index (κ2) is 14.0. The number of rotatable bonds is 11. The minimum atomic E-state index is -0.816. The molecule has 5 unspecified atom stereocenters. The zero-order valence-corrected chi connectivity index (χ0v) is 23.8. The molecule has 2 N–H and O–H groups in total. The lowest BCUT2D eigenvalue weighted by Gasteiger charge is -2.36. The van der Waals surface area contributed by atoms with Crippen LogP contribution in [0.4, 0.5) is 0 Å². The number of nitrogens with one attached hydrogen (secondary N) is 1. The number of nitrogens with zero attached hydrogens (tertiary/aromatic N) is 4. The second-order valence-corrected chi connectivity index (χ2v) is 10.7. The first kappa shape index (κ1) is 30.8. The summed E-state index contributed by atoms with van der Waals surface area (Å²) in [6.45, 7) is 6.24. The van der Waals surface area contributed by atoms with Crippen molar-refractivity contribution in [2.75, 3.05) is 26.8 Å². The zero-order chi connectivity index (χ0) is 29.3. The molecule has 0 radical (unpaired) electrons. The lowest BCUT2D eigenvalue weighted by atomic mass is 9.70. The Balaban J connectivity index is 1.69. The van der Waals surface area contributed by atoms with Crippen LogP contribution in [-0.4, -0.2) is 67.5 Å². The molecule has 2 aromatic carbocycles. The number of aliphatic imine (C=N–C) groups is 2. The fourth-order valence-corrected chi connectivity index (χ4v) is 4.95. The topological polar surface area (TPSA) is 140 Å². The zero-order valence-electron chi connectivity index (χ0n) is 23.0. The van der Waals surface area contributed by atoms with Gasteiger partial charge in [0, 0.05) is 35.0 Å². The monoisotopic (exact) mass is 563 g/mol. The Morgan fingerprint density at radius 1 is 1.25 bits per heavy atom. The molecule has 1 aliphatic rings. The molecule has 1 aliphatic heterocycles. The maximum absolute atomic E-state index is 13.0. The number of para-hydroxylation sites is 1. The number of esters is 1. The first-order valence-electron chi connectivity index (χ1n) is 12.9. The van der Waals surface area contributed by atoms with E-state index in [2.05, 4.69) is 27.4 Å². The van der Waals surface area contributed by atoms with Gasteiger partial charge in [0.1, 0.15) is 24.5 Å². The van der Waals surface area contributed by atoms with E-state index in [1.807, 2.05) is 26.0 Å². The third kappa shape index (κ3) is 7.67. The third-order valence-corrected chi connectivity index (χ3v) is 7.14. The molecule has 3 rings (SSSR count). The van der Waals surface area contributed by atoms with Crippen molar-refractivity contribution in [2.45, 2.75) is 44.4 Å². The largest absolute Gasteiger partial charge is 0.489 e. The molecule has 0 saturated carbocycles. The van der Waals surface area contributed by atoms with Crippen molar-refractivity contribution >= 4 is 29.5 Å². The second-order valence-electron chi connectivity index (χ2n) is 10.3. The SMILES string of the molecule is COC(=O)C1C(C=NCC(C)(C)NCC(O)COc2ccccc2C#N)N=C(C)C(C#N)C1c1ccccc1Cl. The van der Waals surface area contributed by atoms with E-state index in [0.717, 1.165) is 0 Å². The summed E-state index contributed by atoms with van der Waals surface area (Å²) in [4.78, 5) is 22.3. The van der Waals surface area contributed by atoms with E-state index in [4.69, 9.17) is 21.1 Å². The van der Waals surface area contributed by atoms with Crippen LogP contribution < -0.4 is 10.1 Å². The summed E-state index contributed by atoms with van der Waals surface area (Å²) >= 11 is 6.50. The van der Waals surface area contributed by atoms with E-state index >= 15 is 0 Å². The Kier molecular flexibility index (Phi) is 10.8. The maximum atomic E-state index is 13.0. The van der Waals surface area contributed by atoms with Gasteiger partial charge in [-0.25, -0.2) is 0 Å². The molecule has 0 saturated heterocycles. The van der Waals surface area contributed by atoms with Crippen LogP contribution in [0.5, 0.6) is 5.75 Å². The number of halogens is 1. The van der Waals surface area contributed by atoms with Crippen molar-refractivity contribution in [2.24, 2.45) is 21.8 Å². The number of carbonyl (C=O) groups excluding carboxylic acids is 1. The molecule has 9 nitrogen and oxygen atoms in total. The van der Waals surface area contributed by atoms with Crippen molar-refractivity contribution in [1.82, 2.24) is 5.32 Å². The average Bonchev–Trinajstić information content (AvgIpc) is 2.94. The highest BCUT2D eigenvalue weighted by Crippen LogP contribution is 2.42. The number of benzene rings is 2. The van der Waals surface area contributed by atoms with Crippen LogP contribution in [-0.2, 0) is 9.53 Å². The van der Waals surface area contributed by atoms with E-state index in [-0.39, 0.29) is 13.2 Å². The summed E-state index contributed by atoms with van der Waals surface area (Å²) in [6, 6.07) is 17.7. The first-order chi connectivity index (χ1) is 19.1. The van der Waals surface area contributed by atoms with E-state index in [1.165, 1.54) is 7.11 Å². The van der Waals surface area contributed by atoms with Gasteiger partial charge in [0.25, 0.3) is 0 Å². The molecule has 0 fully saturated rings. The number of hydrogen-bond acceptors (Lipinski definition) is 9. The Labute approximate surface area is 240 Å². The minimum absolute atomic E-state index is 0.0193. The normalized spacial score (nSPS) is 21.6. The van der Waals surface area contributed by atoms with Crippen molar-refractivity contribution in [3.8, 4) is 17.9 Å². The van der Waals surface area contributed by atoms with Crippen LogP contribution >= 0.6 is 11.6 Å². The summed E-state index contributed by atoms with van der Waals surface area (Å²) in [6.07, 6.45) is 0.813. The molecule has 0 aromatic heterocycles. The van der Waals surface area contributed by atoms with Gasteiger partial charge in [0.2, 0.25) is 0 Å². The lowest BCUT2D eigenvalue weighted by Crippen LogP contribution is -2.47. The van der Waals surface area contributed by atoms with Gasteiger partial charge in [0.15, 0.2) is 0 Å². The molecule has 1 heterocycles. The van der Waals surface area contributed by atoms with Gasteiger partial charge in [-0.15, -0.1) is 0 Å². The molecule has 10 heteroatoms. The standard InChI is InChI=1S/C30H34ClN5O4/c1-19-23(14-33)27(22-10-6-7-11-24(22)31)28(29(38)39-4)25(36-19)16-34-18-30(2,3)35-15-21(37)17-40-26-12-8-5-9-20(26)13-32/h5-12,16,21,23,25,27-28,35,37H,15,17-18H2,1-4H3. The highest BCUT2D eigenvalue weighted by molar-refractivity contribution is 6.31. The van der Waals surface area contributed by atoms with E-state index in [1.54, 1.807) is 49.5 Å². The van der Waals surface area contributed by atoms with Crippen molar-refractivity contribution < 1.29 is 19.4 Å². The Morgan fingerprint density at radius 3 is 2.62 bits per heavy atom. The van der Waals surface area contributed by atoms with Crippen molar-refractivity contribution in [1.29, 1.82) is 10.5 Å². The highest BCUT2D eigenvalue weighted by Gasteiger charge is 2.46. The quantitative estimate of drug-likeness (QED) is 0.311. The van der Waals surface area contributed by atoms with Crippen LogP contribution in [0.3, 0.4) is 0 Å². The maximum Gasteiger partial charge on any atom is 0.311 e. The number of methoxy groups -OCH3 is 1. The number of β-amino-alcohol motifs (C(OH)–C–C–N with tert-alkyl or cyclic N) is 1. The molecule has 2 aromatic rings. The molecule has 0 bridgehead atoms. The summed E-state index contributed by atoms with van der Waals surface area (Å²) in [7, 11) is 1.31. The molecule has 40 heavy (non-hydrogen) atoms.